The van der Waals surface area contributed by atoms with Crippen LogP contribution in [0.1, 0.15) is 6.92 Å². The first-order valence-corrected chi connectivity index (χ1v) is 27.3. The van der Waals surface area contributed by atoms with Crippen molar-refractivity contribution in [3.63, 3.8) is 0 Å². The summed E-state index contributed by atoms with van der Waals surface area (Å²) in [5.41, 5.74) is 0. The van der Waals surface area contributed by atoms with Crippen LogP contribution in [0.15, 0.2) is 11.5 Å². The molecule has 0 unspecified atom stereocenters. The molecule has 5 aliphatic heterocycles. The molecule has 0 spiro atoms. The first-order valence-electron chi connectivity index (χ1n) is 23.2. The molecule has 42 nitrogen and oxygen atoms in total. The van der Waals surface area contributed by atoms with Gasteiger partial charge in [0.05, 0.1) is 33.0 Å². The van der Waals surface area contributed by atoms with Crippen molar-refractivity contribution in [3.8, 4) is 0 Å². The fourth-order valence-electron chi connectivity index (χ4n) is 8.64. The Morgan fingerprint density at radius 3 is 1.57 bits per heavy atom. The summed E-state index contributed by atoms with van der Waals surface area (Å²) in [5.74, 6) is -8.44. The highest BCUT2D eigenvalue weighted by Crippen LogP contribution is 2.38. The standard InChI is InChI=1S/C37H59NO41S3/c1-7(43)38-13-25(72-34-19(50)16(47)17(48)29(76-34)31(54)55)23(78-81(61,62)63)10(4-41)69-33(13)74-27-18(49)20(51)35(77-30(27)32(56)57)75-28-22(53)37(70-11(5-42)24(28)79-82(64,65)66)73-26-15(46)12(6-67-80(58,59)60)71-36(21(26)52)68-9(3-40)14(45)8(44)2-39/h8-16,18-28,30,33-37,39-42,44-53H,2-6H2,1H3,(H,38,43)(H,54,55)(H,56,57)(H,58,59,60)(H,61,62,63)(H,64,65,66)/t8-,9+,10+,11+,12+,13+,14+,15-,16-,18+,19+,20+,21+,22+,23-,24-,25+,26-,27-,28+,30-,33-,34+,35+,36+,37-/m0/s1. The number of nitrogens with one attached hydrogen (secondary N) is 1. The Hall–Kier alpha value is -3.52. The summed E-state index contributed by atoms with van der Waals surface area (Å²) in [6.45, 7) is -5.91. The van der Waals surface area contributed by atoms with Crippen LogP contribution >= 0.6 is 0 Å². The second-order valence-electron chi connectivity index (χ2n) is 18.1. The van der Waals surface area contributed by atoms with Crippen LogP contribution in [-0.2, 0) is 105 Å². The summed E-state index contributed by atoms with van der Waals surface area (Å²) >= 11 is 0. The second-order valence-corrected chi connectivity index (χ2v) is 21.3. The van der Waals surface area contributed by atoms with E-state index >= 15 is 0 Å². The first kappa shape index (κ1) is 69.3. The zero-order valence-corrected chi connectivity index (χ0v) is 43.7. The highest BCUT2D eigenvalue weighted by atomic mass is 32.3. The van der Waals surface area contributed by atoms with E-state index in [4.69, 9.17) is 47.4 Å². The van der Waals surface area contributed by atoms with E-state index in [1.807, 2.05) is 0 Å². The molecule has 26 atom stereocenters. The Balaban J connectivity index is 1.50. The average molecular weight is 1270 g/mol. The Morgan fingerprint density at radius 2 is 1.07 bits per heavy atom. The number of aliphatic hydroxyl groups excluding tert-OH is 14. The van der Waals surface area contributed by atoms with Crippen molar-refractivity contribution < 1.29 is 195 Å². The number of rotatable bonds is 26. The lowest BCUT2D eigenvalue weighted by Crippen LogP contribution is -2.70. The van der Waals surface area contributed by atoms with Crippen LogP contribution in [0.3, 0.4) is 0 Å². The maximum atomic E-state index is 12.9. The highest BCUT2D eigenvalue weighted by molar-refractivity contribution is 7.81. The van der Waals surface area contributed by atoms with Gasteiger partial charge in [-0.15, -0.1) is 0 Å². The molecule has 5 aliphatic rings. The van der Waals surface area contributed by atoms with Crippen LogP contribution in [-0.4, -0.2) is 331 Å². The quantitative estimate of drug-likeness (QED) is 0.0358. The minimum absolute atomic E-state index is 0.752. The van der Waals surface area contributed by atoms with Crippen molar-refractivity contribution in [1.82, 2.24) is 5.32 Å². The molecule has 82 heavy (non-hydrogen) atoms. The van der Waals surface area contributed by atoms with Gasteiger partial charge in [-0.05, 0) is 0 Å². The first-order chi connectivity index (χ1) is 38.0. The minimum Gasteiger partial charge on any atom is -0.506 e. The monoisotopic (exact) mass is 1270 g/mol. The lowest BCUT2D eigenvalue weighted by atomic mass is 9.94. The third-order valence-electron chi connectivity index (χ3n) is 12.4. The van der Waals surface area contributed by atoms with Gasteiger partial charge in [-0.3, -0.25) is 18.5 Å². The molecule has 0 aromatic heterocycles. The summed E-state index contributed by atoms with van der Waals surface area (Å²) in [6, 6.07) is -2.29. The Bertz CT molecular complexity index is 2540. The summed E-state index contributed by atoms with van der Waals surface area (Å²) in [7, 11) is -16.9. The molecular formula is C37H59NO41S3. The molecule has 4 saturated heterocycles. The molecule has 5 rings (SSSR count). The predicted molar refractivity (Wildman–Crippen MR) is 239 cm³/mol. The number of hydrogen-bond acceptors (Lipinski definition) is 36. The summed E-state index contributed by atoms with van der Waals surface area (Å²) in [4.78, 5) is 37.4. The van der Waals surface area contributed by atoms with Crippen LogP contribution in [0.4, 0.5) is 0 Å². The lowest BCUT2D eigenvalue weighted by molar-refractivity contribution is -0.385. The number of carboxylic acid groups (broad SMARTS) is 2. The van der Waals surface area contributed by atoms with Gasteiger partial charge in [-0.2, -0.15) is 25.3 Å². The van der Waals surface area contributed by atoms with Gasteiger partial charge < -0.3 is 134 Å². The van der Waals surface area contributed by atoms with Crippen molar-refractivity contribution in [2.24, 2.45) is 0 Å². The number of hydrogen-bond donors (Lipinski definition) is 20. The Kier molecular flexibility index (Phi) is 23.9. The van der Waals surface area contributed by atoms with Crippen LogP contribution in [0.25, 0.3) is 0 Å². The van der Waals surface area contributed by atoms with Gasteiger partial charge in [0, 0.05) is 6.92 Å². The van der Waals surface area contributed by atoms with Crippen molar-refractivity contribution >= 4 is 49.0 Å². The molecular weight excluding hydrogens is 1210 g/mol. The molecule has 476 valence electrons. The van der Waals surface area contributed by atoms with Crippen molar-refractivity contribution in [2.45, 2.75) is 166 Å². The number of ether oxygens (including phenoxy) is 10. The molecule has 0 saturated carbocycles. The topological polar surface area (TPSA) is 670 Å². The van der Waals surface area contributed by atoms with Crippen molar-refractivity contribution in [3.05, 3.63) is 11.5 Å². The number of carboxylic acids is 2. The summed E-state index contributed by atoms with van der Waals surface area (Å²) in [5, 5.41) is 171. The van der Waals surface area contributed by atoms with Gasteiger partial charge in [0.2, 0.25) is 18.0 Å². The minimum atomic E-state index is -5.79. The number of aliphatic hydroxyl groups is 14. The van der Waals surface area contributed by atoms with Crippen LogP contribution in [0.5, 0.6) is 0 Å². The molecule has 0 bridgehead atoms. The molecule has 4 fully saturated rings. The molecule has 5 heterocycles. The van der Waals surface area contributed by atoms with E-state index in [-0.39, 0.29) is 0 Å². The Morgan fingerprint density at radius 1 is 0.573 bits per heavy atom. The average Bonchev–Trinajstić information content (AvgIpc) is 3.40. The van der Waals surface area contributed by atoms with Gasteiger partial charge in [0.15, 0.2) is 37.0 Å². The molecule has 0 radical (unpaired) electrons. The third kappa shape index (κ3) is 16.9. The summed E-state index contributed by atoms with van der Waals surface area (Å²) in [6.07, 6.45) is -62.0. The fraction of sp³-hybridized carbons (Fsp3) is 0.865. The third-order valence-corrected chi connectivity index (χ3v) is 13.8. The van der Waals surface area contributed by atoms with E-state index in [9.17, 15) is 135 Å². The normalized spacial score (nSPS) is 39.8. The number of amides is 1. The SMILES string of the molecule is CC(=O)N[C@H]1[C@H](O[C@H]2[C@H](O)[C@@H](O)[C@H](O[C@@H]3[C@@H](O)[C@H](O[C@H]4[C@@H](O)[C@@H](COS(=O)(=O)O)O[C@@H](O[C@H](CO)[C@H](O)[C@@H](O)CO)[C@@H]4O)O[C@H](CO)[C@@H]3OS(=O)(=O)O)O[C@@H]2C(=O)O)O[C@H](CO)[C@H](OS(=O)(=O)O)[C@@H]1O[C@@H]1OC(C(=O)O)=C(O)[C@H](O)[C@H]1O. The van der Waals surface area contributed by atoms with E-state index in [1.165, 1.54) is 0 Å². The second kappa shape index (κ2) is 28.3. The molecule has 1 amide bonds. The maximum absolute atomic E-state index is 12.9. The zero-order chi connectivity index (χ0) is 61.8. The van der Waals surface area contributed by atoms with E-state index in [2.05, 4.69) is 17.9 Å². The molecule has 20 N–H and O–H groups in total. The molecule has 0 aromatic rings. The molecule has 0 aliphatic carbocycles. The van der Waals surface area contributed by atoms with E-state index < -0.39 is 253 Å². The number of aliphatic carboxylic acids is 2. The smallest absolute Gasteiger partial charge is 0.397 e. The van der Waals surface area contributed by atoms with E-state index in [1.54, 1.807) is 0 Å². The van der Waals surface area contributed by atoms with Crippen LogP contribution < -0.4 is 5.32 Å². The lowest BCUT2D eigenvalue weighted by Gasteiger charge is -2.50. The van der Waals surface area contributed by atoms with Crippen molar-refractivity contribution in [2.75, 3.05) is 33.0 Å². The molecule has 45 heteroatoms. The van der Waals surface area contributed by atoms with Gasteiger partial charge in [0.25, 0.3) is 0 Å². The van der Waals surface area contributed by atoms with Gasteiger partial charge in [-0.1, -0.05) is 0 Å². The van der Waals surface area contributed by atoms with E-state index in [0.29, 0.717) is 0 Å². The largest absolute Gasteiger partial charge is 0.506 e. The number of carbonyl (C=O) groups is 3. The van der Waals surface area contributed by atoms with Crippen LogP contribution in [0, 0.1) is 0 Å². The molecule has 0 aromatic carbocycles. The predicted octanol–water partition coefficient (Wildman–Crippen LogP) is -13.0. The maximum Gasteiger partial charge on any atom is 0.397 e. The summed E-state index contributed by atoms with van der Waals surface area (Å²) < 4.78 is 168. The van der Waals surface area contributed by atoms with Gasteiger partial charge >= 0.3 is 43.1 Å². The zero-order valence-electron chi connectivity index (χ0n) is 41.2. The van der Waals surface area contributed by atoms with E-state index in [0.717, 1.165) is 6.92 Å². The van der Waals surface area contributed by atoms with Crippen molar-refractivity contribution in [1.29, 1.82) is 0 Å². The van der Waals surface area contributed by atoms with Crippen LogP contribution in [0.2, 0.25) is 0 Å². The Labute approximate surface area is 459 Å². The highest BCUT2D eigenvalue weighted by Gasteiger charge is 2.60. The fourth-order valence-corrected chi connectivity index (χ4v) is 9.98. The van der Waals surface area contributed by atoms with Gasteiger partial charge in [0.1, 0.15) is 122 Å². The number of carbonyl (C=O) groups excluding carboxylic acids is 1. The van der Waals surface area contributed by atoms with Gasteiger partial charge in [-0.25, -0.2) is 22.1 Å².